The maximum Gasteiger partial charge on any atom is 0.236 e. The third-order valence-electron chi connectivity index (χ3n) is 2.51. The van der Waals surface area contributed by atoms with E-state index in [0.29, 0.717) is 0 Å². The Hall–Kier alpha value is -1.71. The molecule has 1 aliphatic rings. The van der Waals surface area contributed by atoms with E-state index in [1.54, 1.807) is 0 Å². The van der Waals surface area contributed by atoms with E-state index in [9.17, 15) is 4.79 Å². The number of amides is 1. The van der Waals surface area contributed by atoms with E-state index < -0.39 is 0 Å². The lowest BCUT2D eigenvalue weighted by molar-refractivity contribution is -0.116. The number of nitrogens with two attached hydrogens (primary N) is 1. The maximum absolute atomic E-state index is 10.8. The van der Waals surface area contributed by atoms with Crippen molar-refractivity contribution in [2.24, 2.45) is 5.73 Å². The van der Waals surface area contributed by atoms with Crippen molar-refractivity contribution in [1.82, 2.24) is 0 Å². The van der Waals surface area contributed by atoms with Crippen LogP contribution in [0.1, 0.15) is 5.56 Å². The molecule has 0 saturated heterocycles. The van der Waals surface area contributed by atoms with Gasteiger partial charge in [0.05, 0.1) is 13.2 Å². The van der Waals surface area contributed by atoms with Gasteiger partial charge in [-0.3, -0.25) is 4.79 Å². The lowest BCUT2D eigenvalue weighted by Gasteiger charge is -2.17. The van der Waals surface area contributed by atoms with Gasteiger partial charge in [0.15, 0.2) is 0 Å². The van der Waals surface area contributed by atoms with Crippen LogP contribution < -0.4 is 15.4 Å². The molecule has 2 rings (SSSR count). The second-order valence-electron chi connectivity index (χ2n) is 3.71. The molecule has 0 atom stereocenters. The molecule has 4 heteroatoms. The van der Waals surface area contributed by atoms with Crippen LogP contribution in [-0.4, -0.2) is 26.1 Å². The Labute approximate surface area is 88.6 Å². The van der Waals surface area contributed by atoms with Crippen molar-refractivity contribution in [2.45, 2.75) is 6.42 Å². The zero-order valence-electron chi connectivity index (χ0n) is 8.69. The van der Waals surface area contributed by atoms with Crippen molar-refractivity contribution in [3.05, 3.63) is 23.8 Å². The molecule has 0 bridgehead atoms. The van der Waals surface area contributed by atoms with E-state index in [1.165, 1.54) is 5.56 Å². The number of benzene rings is 1. The standard InChI is InChI=1S/C11H14N2O2/c1-13(7-11(12)14)9-2-3-10-8(6-9)4-5-15-10/h2-3,6H,4-5,7H2,1H3,(H2,12,14). The highest BCUT2D eigenvalue weighted by molar-refractivity contribution is 5.79. The predicted molar refractivity (Wildman–Crippen MR) is 58.1 cm³/mol. The molecule has 1 aromatic rings. The lowest BCUT2D eigenvalue weighted by Crippen LogP contribution is -2.30. The first kappa shape index (κ1) is 9.83. The summed E-state index contributed by atoms with van der Waals surface area (Å²) < 4.78 is 5.40. The maximum atomic E-state index is 10.8. The Bertz CT molecular complexity index is 390. The predicted octanol–water partition coefficient (Wildman–Crippen LogP) is 0.543. The molecule has 0 spiro atoms. The van der Waals surface area contributed by atoms with Crippen molar-refractivity contribution in [1.29, 1.82) is 0 Å². The third-order valence-corrected chi connectivity index (χ3v) is 2.51. The number of carbonyl (C=O) groups is 1. The van der Waals surface area contributed by atoms with E-state index in [2.05, 4.69) is 0 Å². The quantitative estimate of drug-likeness (QED) is 0.785. The van der Waals surface area contributed by atoms with Crippen LogP contribution in [0.3, 0.4) is 0 Å². The average molecular weight is 206 g/mol. The summed E-state index contributed by atoms with van der Waals surface area (Å²) in [6.07, 6.45) is 0.938. The van der Waals surface area contributed by atoms with Crippen LogP contribution in [0.4, 0.5) is 5.69 Å². The van der Waals surface area contributed by atoms with Crippen LogP contribution in [0.2, 0.25) is 0 Å². The second kappa shape index (κ2) is 3.81. The fourth-order valence-electron chi connectivity index (χ4n) is 1.74. The Balaban J connectivity index is 2.19. The number of likely N-dealkylation sites (N-methyl/N-ethyl adjacent to an activating group) is 1. The van der Waals surface area contributed by atoms with Crippen molar-refractivity contribution in [3.63, 3.8) is 0 Å². The Kier molecular flexibility index (Phi) is 2.49. The van der Waals surface area contributed by atoms with Gasteiger partial charge in [-0.1, -0.05) is 0 Å². The Morgan fingerprint density at radius 2 is 2.40 bits per heavy atom. The van der Waals surface area contributed by atoms with Gasteiger partial charge < -0.3 is 15.4 Å². The van der Waals surface area contributed by atoms with Crippen LogP contribution in [0.15, 0.2) is 18.2 Å². The molecule has 0 fully saturated rings. The first-order valence-electron chi connectivity index (χ1n) is 4.92. The minimum atomic E-state index is -0.325. The average Bonchev–Trinajstić information content (AvgIpc) is 2.62. The van der Waals surface area contributed by atoms with Gasteiger partial charge in [0.1, 0.15) is 5.75 Å². The van der Waals surface area contributed by atoms with Gasteiger partial charge >= 0.3 is 0 Å². The van der Waals surface area contributed by atoms with Crippen molar-refractivity contribution < 1.29 is 9.53 Å². The summed E-state index contributed by atoms with van der Waals surface area (Å²) in [6.45, 7) is 0.984. The first-order chi connectivity index (χ1) is 7.16. The summed E-state index contributed by atoms with van der Waals surface area (Å²) in [4.78, 5) is 12.6. The van der Waals surface area contributed by atoms with Gasteiger partial charge in [0, 0.05) is 19.2 Å². The second-order valence-corrected chi connectivity index (χ2v) is 3.71. The molecule has 0 saturated carbocycles. The molecular formula is C11H14N2O2. The number of hydrogen-bond acceptors (Lipinski definition) is 3. The van der Waals surface area contributed by atoms with E-state index in [-0.39, 0.29) is 12.5 Å². The summed E-state index contributed by atoms with van der Waals surface area (Å²) in [7, 11) is 1.85. The van der Waals surface area contributed by atoms with E-state index in [4.69, 9.17) is 10.5 Å². The molecular weight excluding hydrogens is 192 g/mol. The van der Waals surface area contributed by atoms with Gasteiger partial charge in [-0.05, 0) is 23.8 Å². The number of ether oxygens (including phenoxy) is 1. The van der Waals surface area contributed by atoms with E-state index in [0.717, 1.165) is 24.5 Å². The summed E-state index contributed by atoms with van der Waals surface area (Å²) in [5, 5.41) is 0. The molecule has 1 heterocycles. The van der Waals surface area contributed by atoms with Crippen LogP contribution in [0.25, 0.3) is 0 Å². The smallest absolute Gasteiger partial charge is 0.236 e. The van der Waals surface area contributed by atoms with Gasteiger partial charge in [-0.2, -0.15) is 0 Å². The molecule has 4 nitrogen and oxygen atoms in total. The van der Waals surface area contributed by atoms with Gasteiger partial charge in [-0.15, -0.1) is 0 Å². The highest BCUT2D eigenvalue weighted by Gasteiger charge is 2.13. The van der Waals surface area contributed by atoms with Crippen LogP contribution in [0.5, 0.6) is 5.75 Å². The summed E-state index contributed by atoms with van der Waals surface area (Å²) >= 11 is 0. The third kappa shape index (κ3) is 2.03. The molecule has 2 N–H and O–H groups in total. The van der Waals surface area contributed by atoms with E-state index >= 15 is 0 Å². The summed E-state index contributed by atoms with van der Waals surface area (Å²) in [5.74, 6) is 0.625. The zero-order valence-corrected chi connectivity index (χ0v) is 8.69. The van der Waals surface area contributed by atoms with Gasteiger partial charge in [0.2, 0.25) is 5.91 Å². The first-order valence-corrected chi connectivity index (χ1v) is 4.92. The number of nitrogens with zero attached hydrogens (tertiary/aromatic N) is 1. The normalized spacial score (nSPS) is 13.1. The zero-order chi connectivity index (χ0) is 10.8. The number of primary amides is 1. The topological polar surface area (TPSA) is 55.6 Å². The number of rotatable bonds is 3. The summed E-state index contributed by atoms with van der Waals surface area (Å²) in [6, 6.07) is 5.92. The fourth-order valence-corrected chi connectivity index (χ4v) is 1.74. The molecule has 0 unspecified atom stereocenters. The van der Waals surface area contributed by atoms with Crippen molar-refractivity contribution >= 4 is 11.6 Å². The lowest BCUT2D eigenvalue weighted by atomic mass is 10.1. The molecule has 80 valence electrons. The van der Waals surface area contributed by atoms with Crippen LogP contribution in [-0.2, 0) is 11.2 Å². The summed E-state index contributed by atoms with van der Waals surface area (Å²) in [5.41, 5.74) is 7.33. The molecule has 1 amide bonds. The van der Waals surface area contributed by atoms with Gasteiger partial charge in [0.25, 0.3) is 0 Å². The Morgan fingerprint density at radius 1 is 1.60 bits per heavy atom. The van der Waals surface area contributed by atoms with Crippen LogP contribution >= 0.6 is 0 Å². The largest absolute Gasteiger partial charge is 0.493 e. The number of anilines is 1. The SMILES string of the molecule is CN(CC(N)=O)c1ccc2c(c1)CCO2. The van der Waals surface area contributed by atoms with Crippen LogP contribution in [0, 0.1) is 0 Å². The monoisotopic (exact) mass is 206 g/mol. The fraction of sp³-hybridized carbons (Fsp3) is 0.364. The minimum absolute atomic E-state index is 0.236. The Morgan fingerprint density at radius 3 is 3.13 bits per heavy atom. The highest BCUT2D eigenvalue weighted by atomic mass is 16.5. The minimum Gasteiger partial charge on any atom is -0.493 e. The highest BCUT2D eigenvalue weighted by Crippen LogP contribution is 2.28. The van der Waals surface area contributed by atoms with Gasteiger partial charge in [-0.25, -0.2) is 0 Å². The molecule has 0 aromatic heterocycles. The number of hydrogen-bond donors (Lipinski definition) is 1. The molecule has 1 aliphatic heterocycles. The molecule has 0 radical (unpaired) electrons. The number of carbonyl (C=O) groups excluding carboxylic acids is 1. The van der Waals surface area contributed by atoms with Crippen molar-refractivity contribution in [3.8, 4) is 5.75 Å². The molecule has 15 heavy (non-hydrogen) atoms. The molecule has 1 aromatic carbocycles. The van der Waals surface area contributed by atoms with Crippen molar-refractivity contribution in [2.75, 3.05) is 25.1 Å². The number of fused-ring (bicyclic) bond motifs is 1. The van der Waals surface area contributed by atoms with E-state index in [1.807, 2.05) is 30.1 Å². The molecule has 0 aliphatic carbocycles.